The molecule has 0 aliphatic rings. The number of hydrogen-bond donors (Lipinski definition) is 1. The van der Waals surface area contributed by atoms with Gasteiger partial charge in [0.15, 0.2) is 6.10 Å². The van der Waals surface area contributed by atoms with Gasteiger partial charge >= 0.3 is 5.97 Å². The van der Waals surface area contributed by atoms with Crippen molar-refractivity contribution in [1.29, 1.82) is 5.26 Å². The van der Waals surface area contributed by atoms with Gasteiger partial charge in [0.2, 0.25) is 0 Å². The molecule has 1 N–H and O–H groups in total. The van der Waals surface area contributed by atoms with E-state index in [-0.39, 0.29) is 5.92 Å². The highest BCUT2D eigenvalue weighted by Crippen LogP contribution is 2.18. The van der Waals surface area contributed by atoms with Crippen molar-refractivity contribution in [3.8, 4) is 11.8 Å². The normalized spacial score (nSPS) is 12.9. The van der Waals surface area contributed by atoms with Gasteiger partial charge in [-0.1, -0.05) is 26.0 Å². The highest BCUT2D eigenvalue weighted by Gasteiger charge is 2.28. The molecule has 118 valence electrons. The molecule has 0 fully saturated rings. The summed E-state index contributed by atoms with van der Waals surface area (Å²) in [7, 11) is 1.47. The second-order valence-electron chi connectivity index (χ2n) is 5.10. The summed E-state index contributed by atoms with van der Waals surface area (Å²) in [6, 6.07) is 7.70. The Bertz CT molecular complexity index is 578. The minimum atomic E-state index is -0.864. The van der Waals surface area contributed by atoms with Crippen molar-refractivity contribution in [3.63, 3.8) is 0 Å². The average molecular weight is 304 g/mol. The quantitative estimate of drug-likeness (QED) is 0.811. The Hall–Kier alpha value is -2.55. The lowest BCUT2D eigenvalue weighted by molar-refractivity contribution is -0.149. The molecule has 0 heterocycles. The highest BCUT2D eigenvalue weighted by atomic mass is 16.5. The van der Waals surface area contributed by atoms with Crippen molar-refractivity contribution in [2.75, 3.05) is 7.11 Å². The fourth-order valence-corrected chi connectivity index (χ4v) is 1.82. The second-order valence-corrected chi connectivity index (χ2v) is 5.10. The molecule has 0 bridgehead atoms. The topological polar surface area (TPSA) is 88.4 Å². The molecule has 6 nitrogen and oxygen atoms in total. The molecular formula is C16H20N2O4. The van der Waals surface area contributed by atoms with Gasteiger partial charge in [-0.3, -0.25) is 4.79 Å². The summed E-state index contributed by atoms with van der Waals surface area (Å²) >= 11 is 0. The Kier molecular flexibility index (Phi) is 6.39. The van der Waals surface area contributed by atoms with Gasteiger partial charge in [-0.15, -0.1) is 0 Å². The van der Waals surface area contributed by atoms with Crippen LogP contribution in [0.5, 0.6) is 5.75 Å². The van der Waals surface area contributed by atoms with Crippen molar-refractivity contribution in [3.05, 3.63) is 29.8 Å². The number of nitriles is 1. The maximum atomic E-state index is 12.3. The zero-order valence-corrected chi connectivity index (χ0v) is 13.1. The third-order valence-electron chi connectivity index (χ3n) is 3.03. The molecule has 0 saturated carbocycles. The third kappa shape index (κ3) is 4.48. The van der Waals surface area contributed by atoms with Gasteiger partial charge in [0, 0.05) is 0 Å². The number of esters is 1. The summed E-state index contributed by atoms with van der Waals surface area (Å²) in [6.07, 6.45) is -0.864. The van der Waals surface area contributed by atoms with Crippen LogP contribution in [0, 0.1) is 17.2 Å². The molecule has 0 aliphatic heterocycles. The average Bonchev–Trinajstić information content (AvgIpc) is 2.51. The fourth-order valence-electron chi connectivity index (χ4n) is 1.82. The monoisotopic (exact) mass is 304 g/mol. The van der Waals surface area contributed by atoms with Crippen LogP contribution in [0.1, 0.15) is 31.1 Å². The lowest BCUT2D eigenvalue weighted by Crippen LogP contribution is -2.46. The van der Waals surface area contributed by atoms with Crippen LogP contribution in [0.15, 0.2) is 24.3 Å². The molecule has 1 aromatic rings. The van der Waals surface area contributed by atoms with Crippen molar-refractivity contribution in [1.82, 2.24) is 5.32 Å². The van der Waals surface area contributed by atoms with Gasteiger partial charge in [0.05, 0.1) is 12.7 Å². The van der Waals surface area contributed by atoms with E-state index in [2.05, 4.69) is 5.32 Å². The Morgan fingerprint density at radius 1 is 1.23 bits per heavy atom. The first-order chi connectivity index (χ1) is 10.4. The van der Waals surface area contributed by atoms with Crippen molar-refractivity contribution in [2.24, 2.45) is 5.92 Å². The summed E-state index contributed by atoms with van der Waals surface area (Å²) in [4.78, 5) is 24.4. The van der Waals surface area contributed by atoms with Crippen molar-refractivity contribution in [2.45, 2.75) is 32.9 Å². The first-order valence-corrected chi connectivity index (χ1v) is 6.94. The number of nitrogens with one attached hydrogen (secondary N) is 1. The number of hydrogen-bond acceptors (Lipinski definition) is 5. The molecule has 0 unspecified atom stereocenters. The molecule has 1 rings (SSSR count). The van der Waals surface area contributed by atoms with Crippen LogP contribution in [-0.4, -0.2) is 31.1 Å². The molecule has 0 spiro atoms. The van der Waals surface area contributed by atoms with Crippen LogP contribution < -0.4 is 10.1 Å². The van der Waals surface area contributed by atoms with Crippen LogP contribution >= 0.6 is 0 Å². The minimum absolute atomic E-state index is 0.183. The number of carbonyl (C=O) groups excluding carboxylic acids is 2. The van der Waals surface area contributed by atoms with E-state index in [9.17, 15) is 9.59 Å². The first-order valence-electron chi connectivity index (χ1n) is 6.94. The molecule has 0 saturated heterocycles. The maximum Gasteiger partial charge on any atom is 0.330 e. The van der Waals surface area contributed by atoms with E-state index in [0.717, 1.165) is 0 Å². The first kappa shape index (κ1) is 17.5. The van der Waals surface area contributed by atoms with Crippen molar-refractivity contribution < 1.29 is 19.1 Å². The number of ether oxygens (including phenoxy) is 2. The van der Waals surface area contributed by atoms with Gasteiger partial charge in [-0.25, -0.2) is 4.79 Å². The molecule has 2 atom stereocenters. The van der Waals surface area contributed by atoms with Gasteiger partial charge in [0.25, 0.3) is 5.91 Å². The predicted molar refractivity (Wildman–Crippen MR) is 80.3 cm³/mol. The standard InChI is InChI=1S/C16H20N2O4/c1-10(2)14(16(20)22-11(3)9-17)18-15(19)12-7-5-6-8-13(12)21-4/h5-8,10-11,14H,1-4H3,(H,18,19)/t11-,14-/m0/s1. The zero-order chi connectivity index (χ0) is 16.7. The Morgan fingerprint density at radius 3 is 2.41 bits per heavy atom. The van der Waals surface area contributed by atoms with E-state index >= 15 is 0 Å². The second kappa shape index (κ2) is 8.03. The molecule has 1 aromatic carbocycles. The third-order valence-corrected chi connectivity index (χ3v) is 3.03. The molecule has 1 amide bonds. The maximum absolute atomic E-state index is 12.3. The number of rotatable bonds is 6. The number of carbonyl (C=O) groups is 2. The van der Waals surface area contributed by atoms with Crippen LogP contribution in [0.4, 0.5) is 0 Å². The summed E-state index contributed by atoms with van der Waals surface area (Å²) < 4.78 is 10.1. The molecule has 0 aromatic heterocycles. The fraction of sp³-hybridized carbons (Fsp3) is 0.438. The molecule has 0 aliphatic carbocycles. The van der Waals surface area contributed by atoms with Crippen LogP contribution in [-0.2, 0) is 9.53 Å². The van der Waals surface area contributed by atoms with E-state index in [1.165, 1.54) is 14.0 Å². The number of benzene rings is 1. The van der Waals surface area contributed by atoms with Gasteiger partial charge < -0.3 is 14.8 Å². The minimum Gasteiger partial charge on any atom is -0.496 e. The van der Waals surface area contributed by atoms with Crippen LogP contribution in [0.3, 0.4) is 0 Å². The van der Waals surface area contributed by atoms with Gasteiger partial charge in [-0.05, 0) is 25.0 Å². The number of amides is 1. The summed E-state index contributed by atoms with van der Waals surface area (Å²) in [5, 5.41) is 11.3. The molecular weight excluding hydrogens is 284 g/mol. The highest BCUT2D eigenvalue weighted by molar-refractivity contribution is 5.99. The number of para-hydroxylation sites is 1. The summed E-state index contributed by atoms with van der Waals surface area (Å²) in [5.41, 5.74) is 0.330. The Labute approximate surface area is 130 Å². The Balaban J connectivity index is 2.89. The summed E-state index contributed by atoms with van der Waals surface area (Å²) in [5.74, 6) is -0.830. The smallest absolute Gasteiger partial charge is 0.330 e. The van der Waals surface area contributed by atoms with E-state index < -0.39 is 24.0 Å². The van der Waals surface area contributed by atoms with Crippen LogP contribution in [0.25, 0.3) is 0 Å². The number of methoxy groups -OCH3 is 1. The van der Waals surface area contributed by atoms with E-state index in [1.807, 2.05) is 6.07 Å². The summed E-state index contributed by atoms with van der Waals surface area (Å²) in [6.45, 7) is 5.04. The largest absolute Gasteiger partial charge is 0.496 e. The van der Waals surface area contributed by atoms with Gasteiger partial charge in [0.1, 0.15) is 17.9 Å². The van der Waals surface area contributed by atoms with E-state index in [0.29, 0.717) is 11.3 Å². The van der Waals surface area contributed by atoms with E-state index in [4.69, 9.17) is 14.7 Å². The van der Waals surface area contributed by atoms with E-state index in [1.54, 1.807) is 38.1 Å². The van der Waals surface area contributed by atoms with Crippen molar-refractivity contribution >= 4 is 11.9 Å². The number of nitrogens with zero attached hydrogens (tertiary/aromatic N) is 1. The predicted octanol–water partition coefficient (Wildman–Crippen LogP) is 1.90. The Morgan fingerprint density at radius 2 is 1.86 bits per heavy atom. The zero-order valence-electron chi connectivity index (χ0n) is 13.1. The SMILES string of the molecule is COc1ccccc1C(=O)N[C@H](C(=O)O[C@@H](C)C#N)C(C)C. The molecule has 6 heteroatoms. The van der Waals surface area contributed by atoms with Crippen LogP contribution in [0.2, 0.25) is 0 Å². The molecule has 22 heavy (non-hydrogen) atoms. The lowest BCUT2D eigenvalue weighted by Gasteiger charge is -2.22. The van der Waals surface area contributed by atoms with Gasteiger partial charge in [-0.2, -0.15) is 5.26 Å². The molecule has 0 radical (unpaired) electrons. The lowest BCUT2D eigenvalue weighted by atomic mass is 10.0.